The molecule has 0 heterocycles. The van der Waals surface area contributed by atoms with Crippen LogP contribution in [0, 0.1) is 0 Å². The number of halogens is 1. The van der Waals surface area contributed by atoms with Crippen molar-refractivity contribution in [2.75, 3.05) is 6.61 Å². The Labute approximate surface area is 71.2 Å². The molecule has 0 aromatic heterocycles. The van der Waals surface area contributed by atoms with Gasteiger partial charge < -0.3 is 5.11 Å². The molecule has 1 rings (SSSR count). The smallest absolute Gasteiger partial charge is 0.148 e. The molecule has 0 aliphatic carbocycles. The summed E-state index contributed by atoms with van der Waals surface area (Å²) in [5, 5.41) is 8.53. The molecule has 64 valence electrons. The van der Waals surface area contributed by atoms with E-state index in [1.807, 2.05) is 18.2 Å². The van der Waals surface area contributed by atoms with E-state index in [1.54, 1.807) is 12.1 Å². The predicted octanol–water partition coefficient (Wildman–Crippen LogP) is 2.03. The van der Waals surface area contributed by atoms with E-state index < -0.39 is 12.8 Å². The van der Waals surface area contributed by atoms with Gasteiger partial charge in [0.25, 0.3) is 0 Å². The number of benzene rings is 1. The van der Waals surface area contributed by atoms with Crippen LogP contribution in [0.4, 0.5) is 4.39 Å². The summed E-state index contributed by atoms with van der Waals surface area (Å²) in [6.45, 7) is 3.05. The van der Waals surface area contributed by atoms with Crippen LogP contribution in [0.5, 0.6) is 0 Å². The zero-order valence-corrected chi connectivity index (χ0v) is 6.70. The summed E-state index contributed by atoms with van der Waals surface area (Å²) in [5.41, 5.74) is 1.07. The molecule has 1 N–H and O–H groups in total. The molecule has 0 radical (unpaired) electrons. The molecule has 1 aromatic carbocycles. The molecule has 0 amide bonds. The lowest BCUT2D eigenvalue weighted by atomic mass is 10.0. The highest BCUT2D eigenvalue weighted by Crippen LogP contribution is 2.17. The highest BCUT2D eigenvalue weighted by Gasteiger charge is 2.10. The van der Waals surface area contributed by atoms with Gasteiger partial charge in [-0.1, -0.05) is 36.9 Å². The number of aliphatic hydroxyl groups is 1. The first-order valence-electron chi connectivity index (χ1n) is 3.75. The largest absolute Gasteiger partial charge is 0.393 e. The minimum Gasteiger partial charge on any atom is -0.393 e. The summed E-state index contributed by atoms with van der Waals surface area (Å²) < 4.78 is 12.9. The fourth-order valence-corrected chi connectivity index (χ4v) is 0.943. The second-order valence-electron chi connectivity index (χ2n) is 2.54. The average Bonchev–Trinajstić information content (AvgIpc) is 2.17. The summed E-state index contributed by atoms with van der Waals surface area (Å²) in [5.74, 6) is 0. The molecule has 0 saturated carbocycles. The Bertz CT molecular complexity index is 256. The van der Waals surface area contributed by atoms with Crippen molar-refractivity contribution in [3.05, 3.63) is 42.5 Å². The first-order valence-corrected chi connectivity index (χ1v) is 3.75. The van der Waals surface area contributed by atoms with E-state index in [-0.39, 0.29) is 0 Å². The Balaban J connectivity index is 2.79. The molecule has 0 fully saturated rings. The maximum atomic E-state index is 12.9. The van der Waals surface area contributed by atoms with E-state index in [0.717, 1.165) is 5.56 Å². The Morgan fingerprint density at radius 2 is 2.00 bits per heavy atom. The fourth-order valence-electron chi connectivity index (χ4n) is 0.943. The number of aliphatic hydroxyl groups excluding tert-OH is 1. The Morgan fingerprint density at radius 1 is 1.42 bits per heavy atom. The molecule has 2 heteroatoms. The van der Waals surface area contributed by atoms with Gasteiger partial charge in [0.2, 0.25) is 0 Å². The van der Waals surface area contributed by atoms with Crippen LogP contribution >= 0.6 is 0 Å². The van der Waals surface area contributed by atoms with Crippen LogP contribution in [0.2, 0.25) is 0 Å². The quantitative estimate of drug-likeness (QED) is 0.728. The van der Waals surface area contributed by atoms with Gasteiger partial charge in [0, 0.05) is 0 Å². The van der Waals surface area contributed by atoms with Gasteiger partial charge in [-0.3, -0.25) is 0 Å². The van der Waals surface area contributed by atoms with Gasteiger partial charge >= 0.3 is 0 Å². The molecular formula is C10H11FO. The second-order valence-corrected chi connectivity index (χ2v) is 2.54. The summed E-state index contributed by atoms with van der Waals surface area (Å²) in [6, 6.07) is 9.01. The van der Waals surface area contributed by atoms with Crippen molar-refractivity contribution in [3.63, 3.8) is 0 Å². The zero-order chi connectivity index (χ0) is 8.97. The molecule has 1 atom stereocenters. The summed E-state index contributed by atoms with van der Waals surface area (Å²) in [7, 11) is 0. The maximum absolute atomic E-state index is 12.9. The molecular weight excluding hydrogens is 155 g/mol. The summed E-state index contributed by atoms with van der Waals surface area (Å²) >= 11 is 0. The van der Waals surface area contributed by atoms with Crippen molar-refractivity contribution >= 4 is 5.57 Å². The van der Waals surface area contributed by atoms with Gasteiger partial charge in [-0.25, -0.2) is 4.39 Å². The molecule has 0 bridgehead atoms. The number of rotatable bonds is 3. The maximum Gasteiger partial charge on any atom is 0.148 e. The molecule has 0 unspecified atom stereocenters. The van der Waals surface area contributed by atoms with Crippen LogP contribution in [0.3, 0.4) is 0 Å². The van der Waals surface area contributed by atoms with E-state index in [0.29, 0.717) is 5.57 Å². The van der Waals surface area contributed by atoms with Crippen LogP contribution < -0.4 is 0 Å². The van der Waals surface area contributed by atoms with Gasteiger partial charge in [0.1, 0.15) is 6.17 Å². The van der Waals surface area contributed by atoms with Gasteiger partial charge in [-0.15, -0.1) is 0 Å². The predicted molar refractivity (Wildman–Crippen MR) is 47.5 cm³/mol. The van der Waals surface area contributed by atoms with E-state index in [9.17, 15) is 4.39 Å². The molecule has 0 saturated heterocycles. The van der Waals surface area contributed by atoms with Gasteiger partial charge in [-0.05, 0) is 11.1 Å². The molecule has 1 aromatic rings. The van der Waals surface area contributed by atoms with Gasteiger partial charge in [-0.2, -0.15) is 0 Å². The molecule has 12 heavy (non-hydrogen) atoms. The van der Waals surface area contributed by atoms with E-state index in [4.69, 9.17) is 5.11 Å². The molecule has 0 spiro atoms. The fraction of sp³-hybridized carbons (Fsp3) is 0.200. The zero-order valence-electron chi connectivity index (χ0n) is 6.70. The van der Waals surface area contributed by atoms with E-state index in [2.05, 4.69) is 6.58 Å². The lowest BCUT2D eigenvalue weighted by Crippen LogP contribution is -2.07. The summed E-state index contributed by atoms with van der Waals surface area (Å²) in [4.78, 5) is 0. The number of alkyl halides is 1. The third-order valence-corrected chi connectivity index (χ3v) is 1.68. The average molecular weight is 166 g/mol. The van der Waals surface area contributed by atoms with Crippen molar-refractivity contribution in [1.29, 1.82) is 0 Å². The van der Waals surface area contributed by atoms with Crippen molar-refractivity contribution in [2.24, 2.45) is 0 Å². The lowest BCUT2D eigenvalue weighted by Gasteiger charge is -2.07. The topological polar surface area (TPSA) is 20.2 Å². The van der Waals surface area contributed by atoms with Crippen LogP contribution in [0.25, 0.3) is 5.57 Å². The minimum absolute atomic E-state index is 0.332. The Hall–Kier alpha value is -1.15. The Kier molecular flexibility index (Phi) is 3.00. The van der Waals surface area contributed by atoms with Crippen LogP contribution in [-0.2, 0) is 0 Å². The summed E-state index contributed by atoms with van der Waals surface area (Å²) in [6.07, 6.45) is -1.35. The van der Waals surface area contributed by atoms with Crippen molar-refractivity contribution < 1.29 is 9.50 Å². The number of hydrogen-bond donors (Lipinski definition) is 1. The lowest BCUT2D eigenvalue weighted by molar-refractivity contribution is 0.215. The van der Waals surface area contributed by atoms with Gasteiger partial charge in [0.05, 0.1) is 6.61 Å². The monoisotopic (exact) mass is 166 g/mol. The van der Waals surface area contributed by atoms with Crippen LogP contribution in [0.15, 0.2) is 36.9 Å². The Morgan fingerprint density at radius 3 is 2.50 bits per heavy atom. The second kappa shape index (κ2) is 4.02. The van der Waals surface area contributed by atoms with E-state index in [1.165, 1.54) is 0 Å². The highest BCUT2D eigenvalue weighted by atomic mass is 19.1. The van der Waals surface area contributed by atoms with Crippen LogP contribution in [-0.4, -0.2) is 17.9 Å². The molecule has 0 aliphatic heterocycles. The minimum atomic E-state index is -1.35. The highest BCUT2D eigenvalue weighted by molar-refractivity contribution is 5.66. The van der Waals surface area contributed by atoms with E-state index >= 15 is 0 Å². The number of hydrogen-bond acceptors (Lipinski definition) is 1. The van der Waals surface area contributed by atoms with Gasteiger partial charge in [0.15, 0.2) is 0 Å². The molecule has 1 nitrogen and oxygen atoms in total. The normalized spacial score (nSPS) is 12.5. The first kappa shape index (κ1) is 8.94. The van der Waals surface area contributed by atoms with Crippen molar-refractivity contribution in [2.45, 2.75) is 6.17 Å². The third-order valence-electron chi connectivity index (χ3n) is 1.68. The van der Waals surface area contributed by atoms with Crippen LogP contribution in [0.1, 0.15) is 5.56 Å². The third kappa shape index (κ3) is 1.92. The van der Waals surface area contributed by atoms with Crippen molar-refractivity contribution in [3.8, 4) is 0 Å². The SMILES string of the molecule is C=C(c1ccccc1)[C@@H](F)CO. The standard InChI is InChI=1S/C10H11FO/c1-8(10(11)7-12)9-5-3-2-4-6-9/h2-6,10,12H,1,7H2/t10-/m0/s1. The van der Waals surface area contributed by atoms with Crippen molar-refractivity contribution in [1.82, 2.24) is 0 Å². The molecule has 0 aliphatic rings. The first-order chi connectivity index (χ1) is 5.75.